The first-order valence-corrected chi connectivity index (χ1v) is 7.60. The number of aromatic nitrogens is 2. The minimum atomic E-state index is 0.720. The van der Waals surface area contributed by atoms with Gasteiger partial charge in [0.2, 0.25) is 0 Å². The maximum Gasteiger partial charge on any atom is 0.133 e. The van der Waals surface area contributed by atoms with Crippen LogP contribution in [0.3, 0.4) is 0 Å². The molecule has 106 valence electrons. The van der Waals surface area contributed by atoms with Gasteiger partial charge in [0.25, 0.3) is 0 Å². The molecule has 0 spiro atoms. The zero-order valence-corrected chi connectivity index (χ0v) is 13.1. The summed E-state index contributed by atoms with van der Waals surface area (Å²) in [6, 6.07) is 6.86. The number of methoxy groups -OCH3 is 1. The van der Waals surface area contributed by atoms with Gasteiger partial charge in [-0.3, -0.25) is 0 Å². The molecule has 0 amide bonds. The molecular weight excluding hydrogens is 318 g/mol. The number of ether oxygens (including phenoxy) is 1. The summed E-state index contributed by atoms with van der Waals surface area (Å²) < 4.78 is 8.33. The fraction of sp³-hybridized carbons (Fsp3) is 0.400. The quantitative estimate of drug-likeness (QED) is 0.882. The van der Waals surface area contributed by atoms with Crippen molar-refractivity contribution in [1.82, 2.24) is 14.9 Å². The highest BCUT2D eigenvalue weighted by Crippen LogP contribution is 2.25. The summed E-state index contributed by atoms with van der Waals surface area (Å²) in [4.78, 5) is 4.43. The Hall–Kier alpha value is -1.33. The van der Waals surface area contributed by atoms with Crippen LogP contribution in [0, 0.1) is 0 Å². The van der Waals surface area contributed by atoms with Crippen LogP contribution in [0.25, 0.3) is 0 Å². The van der Waals surface area contributed by atoms with E-state index in [-0.39, 0.29) is 0 Å². The molecule has 0 radical (unpaired) electrons. The van der Waals surface area contributed by atoms with Crippen molar-refractivity contribution in [1.29, 1.82) is 0 Å². The van der Waals surface area contributed by atoms with Gasteiger partial charge in [-0.25, -0.2) is 4.98 Å². The van der Waals surface area contributed by atoms with Crippen LogP contribution in [0.2, 0.25) is 0 Å². The van der Waals surface area contributed by atoms with Crippen molar-refractivity contribution >= 4 is 15.9 Å². The van der Waals surface area contributed by atoms with Crippen LogP contribution in [0.1, 0.15) is 24.1 Å². The standard InChI is InChI=1S/C15H18BrN3O/c1-20-15-5-2-11(6-14(15)16)8-19-9-13(18-10-19)7-17-12-3-4-12/h2,5-6,9-10,12,17H,3-4,7-8H2,1H3. The number of hydrogen-bond acceptors (Lipinski definition) is 3. The Bertz CT molecular complexity index is 593. The summed E-state index contributed by atoms with van der Waals surface area (Å²) in [5.74, 6) is 0.855. The summed E-state index contributed by atoms with van der Waals surface area (Å²) in [7, 11) is 1.68. The van der Waals surface area contributed by atoms with Crippen LogP contribution in [0.5, 0.6) is 5.75 Å². The summed E-state index contributed by atoms with van der Waals surface area (Å²) in [6.07, 6.45) is 6.61. The summed E-state index contributed by atoms with van der Waals surface area (Å²) in [5, 5.41) is 3.47. The average Bonchev–Trinajstić information content (AvgIpc) is 3.17. The van der Waals surface area contributed by atoms with Crippen molar-refractivity contribution in [3.05, 3.63) is 46.5 Å². The van der Waals surface area contributed by atoms with E-state index in [0.717, 1.165) is 35.0 Å². The van der Waals surface area contributed by atoms with Crippen LogP contribution >= 0.6 is 15.9 Å². The molecule has 1 fully saturated rings. The third-order valence-corrected chi connectivity index (χ3v) is 4.04. The molecule has 20 heavy (non-hydrogen) atoms. The Balaban J connectivity index is 1.63. The number of benzene rings is 1. The molecule has 1 aliphatic carbocycles. The van der Waals surface area contributed by atoms with Crippen LogP contribution in [-0.4, -0.2) is 22.7 Å². The monoisotopic (exact) mass is 335 g/mol. The van der Waals surface area contributed by atoms with E-state index in [0.29, 0.717) is 0 Å². The summed E-state index contributed by atoms with van der Waals surface area (Å²) >= 11 is 3.51. The van der Waals surface area contributed by atoms with E-state index in [2.05, 4.69) is 49.1 Å². The van der Waals surface area contributed by atoms with Gasteiger partial charge < -0.3 is 14.6 Å². The van der Waals surface area contributed by atoms with E-state index >= 15 is 0 Å². The molecule has 2 aromatic rings. The Morgan fingerprint density at radius 3 is 3.00 bits per heavy atom. The van der Waals surface area contributed by atoms with E-state index in [1.165, 1.54) is 18.4 Å². The minimum Gasteiger partial charge on any atom is -0.496 e. The second-order valence-electron chi connectivity index (χ2n) is 5.16. The first-order chi connectivity index (χ1) is 9.74. The molecule has 4 nitrogen and oxygen atoms in total. The maximum absolute atomic E-state index is 5.24. The number of halogens is 1. The third-order valence-electron chi connectivity index (χ3n) is 3.42. The van der Waals surface area contributed by atoms with Gasteiger partial charge in [-0.15, -0.1) is 0 Å². The zero-order valence-electron chi connectivity index (χ0n) is 11.5. The molecule has 0 bridgehead atoms. The number of nitrogens with one attached hydrogen (secondary N) is 1. The van der Waals surface area contributed by atoms with Crippen molar-refractivity contribution < 1.29 is 4.74 Å². The van der Waals surface area contributed by atoms with Gasteiger partial charge in [0.1, 0.15) is 5.75 Å². The van der Waals surface area contributed by atoms with E-state index < -0.39 is 0 Å². The van der Waals surface area contributed by atoms with Crippen LogP contribution in [-0.2, 0) is 13.1 Å². The van der Waals surface area contributed by atoms with Gasteiger partial charge in [-0.05, 0) is 46.5 Å². The molecule has 1 N–H and O–H groups in total. The van der Waals surface area contributed by atoms with Crippen molar-refractivity contribution in [2.75, 3.05) is 7.11 Å². The predicted molar refractivity (Wildman–Crippen MR) is 81.9 cm³/mol. The summed E-state index contributed by atoms with van der Waals surface area (Å²) in [5.41, 5.74) is 2.32. The number of hydrogen-bond donors (Lipinski definition) is 1. The Morgan fingerprint density at radius 2 is 2.30 bits per heavy atom. The van der Waals surface area contributed by atoms with Crippen LogP contribution < -0.4 is 10.1 Å². The van der Waals surface area contributed by atoms with Crippen molar-refractivity contribution in [3.63, 3.8) is 0 Å². The topological polar surface area (TPSA) is 39.1 Å². The highest BCUT2D eigenvalue weighted by Gasteiger charge is 2.20. The van der Waals surface area contributed by atoms with Crippen molar-refractivity contribution in [3.8, 4) is 5.75 Å². The zero-order chi connectivity index (χ0) is 13.9. The first kappa shape index (κ1) is 13.6. The van der Waals surface area contributed by atoms with Gasteiger partial charge in [0.05, 0.1) is 23.6 Å². The smallest absolute Gasteiger partial charge is 0.133 e. The molecule has 0 unspecified atom stereocenters. The first-order valence-electron chi connectivity index (χ1n) is 6.81. The second-order valence-corrected chi connectivity index (χ2v) is 6.02. The fourth-order valence-electron chi connectivity index (χ4n) is 2.14. The van der Waals surface area contributed by atoms with Gasteiger partial charge in [0.15, 0.2) is 0 Å². The maximum atomic E-state index is 5.24. The normalized spacial score (nSPS) is 14.5. The SMILES string of the molecule is COc1ccc(Cn2cnc(CNC3CC3)c2)cc1Br. The molecule has 1 aliphatic rings. The van der Waals surface area contributed by atoms with Gasteiger partial charge in [-0.1, -0.05) is 6.07 Å². The second kappa shape index (κ2) is 5.97. The molecule has 5 heteroatoms. The molecule has 0 saturated heterocycles. The lowest BCUT2D eigenvalue weighted by molar-refractivity contribution is 0.412. The van der Waals surface area contributed by atoms with Crippen LogP contribution in [0.15, 0.2) is 35.2 Å². The number of rotatable bonds is 6. The molecule has 3 rings (SSSR count). The fourth-order valence-corrected chi connectivity index (χ4v) is 2.73. The highest BCUT2D eigenvalue weighted by molar-refractivity contribution is 9.10. The van der Waals surface area contributed by atoms with E-state index in [9.17, 15) is 0 Å². The van der Waals surface area contributed by atoms with Gasteiger partial charge in [-0.2, -0.15) is 0 Å². The average molecular weight is 336 g/mol. The molecule has 1 aromatic heterocycles. The van der Waals surface area contributed by atoms with Gasteiger partial charge in [0, 0.05) is 25.3 Å². The number of nitrogens with zero attached hydrogens (tertiary/aromatic N) is 2. The Kier molecular flexibility index (Phi) is 4.08. The highest BCUT2D eigenvalue weighted by atomic mass is 79.9. The van der Waals surface area contributed by atoms with E-state index in [1.54, 1.807) is 7.11 Å². The number of imidazole rings is 1. The Morgan fingerprint density at radius 1 is 1.45 bits per heavy atom. The van der Waals surface area contributed by atoms with Crippen molar-refractivity contribution in [2.24, 2.45) is 0 Å². The lowest BCUT2D eigenvalue weighted by atomic mass is 10.2. The third kappa shape index (κ3) is 3.41. The molecular formula is C15H18BrN3O. The minimum absolute atomic E-state index is 0.720. The molecule has 0 aliphatic heterocycles. The van der Waals surface area contributed by atoms with E-state index in [4.69, 9.17) is 4.74 Å². The molecule has 1 heterocycles. The Labute approximate surface area is 127 Å². The molecule has 1 saturated carbocycles. The van der Waals surface area contributed by atoms with E-state index in [1.807, 2.05) is 12.4 Å². The molecule has 1 aromatic carbocycles. The molecule has 0 atom stereocenters. The largest absolute Gasteiger partial charge is 0.496 e. The van der Waals surface area contributed by atoms with Gasteiger partial charge >= 0.3 is 0 Å². The lowest BCUT2D eigenvalue weighted by Gasteiger charge is -2.07. The van der Waals surface area contributed by atoms with Crippen LogP contribution in [0.4, 0.5) is 0 Å². The predicted octanol–water partition coefficient (Wildman–Crippen LogP) is 2.95. The lowest BCUT2D eigenvalue weighted by Crippen LogP contribution is -2.15. The van der Waals surface area contributed by atoms with Crippen molar-refractivity contribution in [2.45, 2.75) is 32.0 Å². The summed E-state index contributed by atoms with van der Waals surface area (Å²) in [6.45, 7) is 1.68.